The van der Waals surface area contributed by atoms with Gasteiger partial charge in [-0.3, -0.25) is 9.59 Å². The van der Waals surface area contributed by atoms with Crippen LogP contribution in [-0.2, 0) is 33.3 Å². The van der Waals surface area contributed by atoms with E-state index < -0.39 is 24.3 Å². The number of carbonyl (C=O) groups excluding carboxylic acids is 2. The van der Waals surface area contributed by atoms with Gasteiger partial charge < -0.3 is 28.5 Å². The fourth-order valence-corrected chi connectivity index (χ4v) is 4.84. The van der Waals surface area contributed by atoms with E-state index >= 15 is 0 Å². The number of allylic oxidation sites excluding steroid dienone is 12. The van der Waals surface area contributed by atoms with Crippen LogP contribution in [-0.4, -0.2) is 87.4 Å². The fourth-order valence-electron chi connectivity index (χ4n) is 4.84. The molecule has 0 fully saturated rings. The van der Waals surface area contributed by atoms with Crippen molar-refractivity contribution < 1.29 is 42.9 Å². The molecule has 0 aliphatic rings. The van der Waals surface area contributed by atoms with Crippen molar-refractivity contribution in [3.05, 3.63) is 72.9 Å². The monoisotopic (exact) mass is 745 g/mol. The minimum absolute atomic E-state index is 0.179. The van der Waals surface area contributed by atoms with Gasteiger partial charge in [-0.2, -0.15) is 0 Å². The molecule has 0 saturated heterocycles. The Labute approximate surface area is 322 Å². The highest BCUT2D eigenvalue weighted by atomic mass is 16.7. The summed E-state index contributed by atoms with van der Waals surface area (Å²) in [5.74, 6) is -2.07. The van der Waals surface area contributed by atoms with Crippen LogP contribution in [0.2, 0.25) is 0 Å². The molecule has 0 amide bonds. The lowest BCUT2D eigenvalue weighted by atomic mass is 10.1. The predicted molar refractivity (Wildman–Crippen MR) is 216 cm³/mol. The Kier molecular flexibility index (Phi) is 33.5. The van der Waals surface area contributed by atoms with Crippen molar-refractivity contribution in [2.24, 2.45) is 0 Å². The molecule has 2 unspecified atom stereocenters. The topological polar surface area (TPSA) is 108 Å². The molecule has 1 N–H and O–H groups in total. The summed E-state index contributed by atoms with van der Waals surface area (Å²) in [6, 6.07) is 0. The summed E-state index contributed by atoms with van der Waals surface area (Å²) in [5.41, 5.74) is 0. The summed E-state index contributed by atoms with van der Waals surface area (Å²) in [7, 11) is 5.92. The van der Waals surface area contributed by atoms with Gasteiger partial charge in [0.2, 0.25) is 0 Å². The number of aliphatic carboxylic acids is 1. The molecule has 9 nitrogen and oxygen atoms in total. The fraction of sp³-hybridized carbons (Fsp3) is 0.659. The number of unbranched alkanes of at least 4 members (excludes halogenated alkanes) is 8. The molecule has 0 aromatic carbocycles. The second-order valence-electron chi connectivity index (χ2n) is 14.2. The number of quaternary nitrogens is 1. The second-order valence-corrected chi connectivity index (χ2v) is 14.2. The molecule has 0 radical (unpaired) electrons. The third-order valence-electron chi connectivity index (χ3n) is 7.98. The number of hydrogen-bond donors (Lipinski definition) is 1. The zero-order valence-electron chi connectivity index (χ0n) is 33.9. The molecular formula is C44H74NO8+. The third-order valence-corrected chi connectivity index (χ3v) is 7.98. The highest BCUT2D eigenvalue weighted by Crippen LogP contribution is 2.11. The van der Waals surface area contributed by atoms with E-state index in [1.54, 1.807) is 0 Å². The van der Waals surface area contributed by atoms with Gasteiger partial charge in [0.05, 0.1) is 34.4 Å². The molecule has 2 atom stereocenters. The number of hydrogen-bond acceptors (Lipinski definition) is 7. The second kappa shape index (κ2) is 35.7. The predicted octanol–water partition coefficient (Wildman–Crippen LogP) is 9.99. The van der Waals surface area contributed by atoms with E-state index in [0.29, 0.717) is 17.4 Å². The van der Waals surface area contributed by atoms with Crippen LogP contribution in [0.5, 0.6) is 0 Å². The SMILES string of the molecule is CC/C=C\C/C=C\C/C=C\C/C=C\C/C=C\C/C=C\CCCCCCC(=O)OC(COC(=O)CCCCCCC)COC(OCC[N+](C)(C)C)C(=O)O. The summed E-state index contributed by atoms with van der Waals surface area (Å²) >= 11 is 0. The van der Waals surface area contributed by atoms with Crippen molar-refractivity contribution in [1.82, 2.24) is 0 Å². The van der Waals surface area contributed by atoms with Crippen molar-refractivity contribution in [3.8, 4) is 0 Å². The van der Waals surface area contributed by atoms with Gasteiger partial charge >= 0.3 is 17.9 Å². The van der Waals surface area contributed by atoms with E-state index in [0.717, 1.165) is 96.3 Å². The van der Waals surface area contributed by atoms with Crippen LogP contribution in [0.15, 0.2) is 72.9 Å². The molecule has 53 heavy (non-hydrogen) atoms. The molecule has 0 spiro atoms. The third kappa shape index (κ3) is 36.9. The van der Waals surface area contributed by atoms with Crippen LogP contribution in [0, 0.1) is 0 Å². The maximum Gasteiger partial charge on any atom is 0.361 e. The van der Waals surface area contributed by atoms with Gasteiger partial charge in [0.15, 0.2) is 6.10 Å². The van der Waals surface area contributed by atoms with Crippen LogP contribution in [0.25, 0.3) is 0 Å². The summed E-state index contributed by atoms with van der Waals surface area (Å²) in [4.78, 5) is 36.7. The Morgan fingerprint density at radius 1 is 0.585 bits per heavy atom. The Morgan fingerprint density at radius 2 is 1.08 bits per heavy atom. The molecule has 0 rings (SSSR count). The van der Waals surface area contributed by atoms with Gasteiger partial charge in [-0.05, 0) is 64.2 Å². The van der Waals surface area contributed by atoms with Crippen molar-refractivity contribution in [3.63, 3.8) is 0 Å². The lowest BCUT2D eigenvalue weighted by Crippen LogP contribution is -2.40. The number of esters is 2. The van der Waals surface area contributed by atoms with E-state index in [-0.39, 0.29) is 38.6 Å². The van der Waals surface area contributed by atoms with Crippen molar-refractivity contribution in [1.29, 1.82) is 0 Å². The van der Waals surface area contributed by atoms with E-state index in [9.17, 15) is 19.5 Å². The molecule has 0 aliphatic carbocycles. The first kappa shape index (κ1) is 49.7. The molecule has 0 heterocycles. The largest absolute Gasteiger partial charge is 0.477 e. The molecule has 9 heteroatoms. The van der Waals surface area contributed by atoms with E-state index in [1.807, 2.05) is 21.1 Å². The first-order chi connectivity index (χ1) is 25.6. The average Bonchev–Trinajstić information content (AvgIpc) is 3.11. The van der Waals surface area contributed by atoms with Gasteiger partial charge in [-0.1, -0.05) is 125 Å². The van der Waals surface area contributed by atoms with Gasteiger partial charge in [0.25, 0.3) is 6.29 Å². The summed E-state index contributed by atoms with van der Waals surface area (Å²) in [5, 5.41) is 9.56. The number of carbonyl (C=O) groups is 3. The lowest BCUT2D eigenvalue weighted by molar-refractivity contribution is -0.870. The lowest BCUT2D eigenvalue weighted by Gasteiger charge is -2.25. The number of likely N-dealkylation sites (N-methyl/N-ethyl adjacent to an activating group) is 1. The highest BCUT2D eigenvalue weighted by Gasteiger charge is 2.25. The quantitative estimate of drug-likeness (QED) is 0.0225. The zero-order valence-corrected chi connectivity index (χ0v) is 33.9. The first-order valence-electron chi connectivity index (χ1n) is 20.1. The molecular weight excluding hydrogens is 670 g/mol. The van der Waals surface area contributed by atoms with Crippen molar-refractivity contribution >= 4 is 17.9 Å². The Bertz CT molecular complexity index is 1100. The van der Waals surface area contributed by atoms with Gasteiger partial charge in [-0.15, -0.1) is 0 Å². The summed E-state index contributed by atoms with van der Waals surface area (Å²) in [6.45, 7) is 4.59. The van der Waals surface area contributed by atoms with Crippen molar-refractivity contribution in [2.75, 3.05) is 47.5 Å². The number of carboxylic acids is 1. The Hall–Kier alpha value is -3.27. The molecule has 0 aliphatic heterocycles. The highest BCUT2D eigenvalue weighted by molar-refractivity contribution is 5.71. The van der Waals surface area contributed by atoms with Crippen LogP contribution in [0.1, 0.15) is 129 Å². The van der Waals surface area contributed by atoms with Crippen molar-refractivity contribution in [2.45, 2.75) is 142 Å². The number of rotatable bonds is 35. The first-order valence-corrected chi connectivity index (χ1v) is 20.1. The van der Waals surface area contributed by atoms with Crippen LogP contribution in [0.3, 0.4) is 0 Å². The standard InChI is InChI=1S/C44H73NO8/c1-6-8-10-12-13-14-15-16-17-18-19-20-21-22-23-24-25-26-27-28-29-31-33-35-42(47)53-40(38-51-41(46)34-32-30-11-9-7-2)39-52-44(43(48)49)50-37-36-45(3,4)5/h8,10,13-14,16-17,19-20,22-23,25-26,40,44H,6-7,9,11-12,15,18,21,24,27-39H2,1-5H3/p+1/b10-8-,14-13-,17-16-,20-19-,23-22-,26-25-. The molecule has 0 bridgehead atoms. The maximum absolute atomic E-state index is 12.7. The Balaban J connectivity index is 4.38. The maximum atomic E-state index is 12.7. The molecule has 302 valence electrons. The number of ether oxygens (including phenoxy) is 4. The molecule has 0 aromatic heterocycles. The summed E-state index contributed by atoms with van der Waals surface area (Å²) < 4.78 is 22.5. The molecule has 0 aromatic rings. The van der Waals surface area contributed by atoms with Crippen LogP contribution in [0.4, 0.5) is 0 Å². The minimum Gasteiger partial charge on any atom is -0.477 e. The van der Waals surface area contributed by atoms with E-state index in [2.05, 4.69) is 86.8 Å². The van der Waals surface area contributed by atoms with E-state index in [4.69, 9.17) is 18.9 Å². The Morgan fingerprint density at radius 3 is 1.58 bits per heavy atom. The minimum atomic E-state index is -1.52. The van der Waals surface area contributed by atoms with Gasteiger partial charge in [-0.25, -0.2) is 4.79 Å². The zero-order chi connectivity index (χ0) is 39.3. The van der Waals surface area contributed by atoms with Gasteiger partial charge in [0, 0.05) is 12.8 Å². The average molecular weight is 745 g/mol. The number of nitrogens with zero attached hydrogens (tertiary/aromatic N) is 1. The van der Waals surface area contributed by atoms with Gasteiger partial charge in [0.1, 0.15) is 13.2 Å². The number of carboxylic acid groups (broad SMARTS) is 1. The molecule has 0 saturated carbocycles. The summed E-state index contributed by atoms with van der Waals surface area (Å²) in [6.07, 6.45) is 40.1. The van der Waals surface area contributed by atoms with Crippen LogP contribution >= 0.6 is 0 Å². The van der Waals surface area contributed by atoms with Crippen LogP contribution < -0.4 is 0 Å². The smallest absolute Gasteiger partial charge is 0.361 e. The normalized spacial score (nSPS) is 13.8. The van der Waals surface area contributed by atoms with E-state index in [1.165, 1.54) is 0 Å².